The van der Waals surface area contributed by atoms with Crippen molar-refractivity contribution in [2.45, 2.75) is 32.4 Å². The summed E-state index contributed by atoms with van der Waals surface area (Å²) in [7, 11) is -1.52. The molecule has 2 heterocycles. The van der Waals surface area contributed by atoms with E-state index in [0.29, 0.717) is 27.5 Å². The van der Waals surface area contributed by atoms with Crippen LogP contribution < -0.4 is 20.3 Å². The fourth-order valence-corrected chi connectivity index (χ4v) is 5.05. The molecule has 9 nitrogen and oxygen atoms in total. The highest BCUT2D eigenvalue weighted by Gasteiger charge is 2.29. The van der Waals surface area contributed by atoms with Gasteiger partial charge in [-0.15, -0.1) is 0 Å². The second-order valence-electron chi connectivity index (χ2n) is 10.3. The number of aryl methyl sites for hydroxylation is 1. The van der Waals surface area contributed by atoms with Gasteiger partial charge >= 0.3 is 0 Å². The fourth-order valence-electron chi connectivity index (χ4n) is 3.76. The maximum atomic E-state index is 12.6. The van der Waals surface area contributed by atoms with E-state index in [9.17, 15) is 8.42 Å². The summed E-state index contributed by atoms with van der Waals surface area (Å²) in [4.78, 5) is 13.6. The third-order valence-corrected chi connectivity index (χ3v) is 9.03. The summed E-state index contributed by atoms with van der Waals surface area (Å²) >= 11 is 12.9. The van der Waals surface area contributed by atoms with Crippen molar-refractivity contribution < 1.29 is 8.42 Å². The van der Waals surface area contributed by atoms with Crippen LogP contribution in [0, 0.1) is 6.92 Å². The zero-order valence-corrected chi connectivity index (χ0v) is 24.5. The van der Waals surface area contributed by atoms with Crippen molar-refractivity contribution in [1.29, 1.82) is 0 Å². The van der Waals surface area contributed by atoms with Gasteiger partial charge in [0.1, 0.15) is 5.82 Å². The molecule has 0 saturated carbocycles. The van der Waals surface area contributed by atoms with Crippen molar-refractivity contribution in [3.63, 3.8) is 0 Å². The molecule has 1 saturated heterocycles. The number of nitrogens with zero attached hydrogens (tertiary/aromatic N) is 4. The second-order valence-corrected chi connectivity index (χ2v) is 13.6. The Hall–Kier alpha value is -2.79. The number of halogens is 2. The van der Waals surface area contributed by atoms with Crippen LogP contribution in [0.3, 0.4) is 0 Å². The van der Waals surface area contributed by atoms with Crippen LogP contribution in [0.4, 0.5) is 34.5 Å². The molecular formula is C26H33Cl2N7O2S. The van der Waals surface area contributed by atoms with Gasteiger partial charge in [-0.25, -0.2) is 13.4 Å². The van der Waals surface area contributed by atoms with Crippen LogP contribution in [0.25, 0.3) is 0 Å². The van der Waals surface area contributed by atoms with Crippen molar-refractivity contribution in [3.05, 3.63) is 58.2 Å². The molecular weight excluding hydrogens is 545 g/mol. The Balaban J connectivity index is 1.51. The van der Waals surface area contributed by atoms with Crippen LogP contribution >= 0.6 is 23.2 Å². The number of rotatable bonds is 7. The summed E-state index contributed by atoms with van der Waals surface area (Å²) in [5, 5.41) is 7.41. The van der Waals surface area contributed by atoms with E-state index < -0.39 is 14.8 Å². The highest BCUT2D eigenvalue weighted by atomic mass is 35.5. The summed E-state index contributed by atoms with van der Waals surface area (Å²) in [5.41, 5.74) is 3.50. The summed E-state index contributed by atoms with van der Waals surface area (Å²) in [6, 6.07) is 10.9. The molecule has 3 N–H and O–H groups in total. The smallest absolute Gasteiger partial charge is 0.237 e. The van der Waals surface area contributed by atoms with Crippen LogP contribution in [0.1, 0.15) is 26.3 Å². The normalized spacial score (nSPS) is 14.9. The Morgan fingerprint density at radius 2 is 1.58 bits per heavy atom. The summed E-state index contributed by atoms with van der Waals surface area (Å²) in [6.07, 6.45) is 1.71. The quantitative estimate of drug-likeness (QED) is 0.320. The minimum atomic E-state index is -3.64. The maximum Gasteiger partial charge on any atom is 0.237 e. The maximum absolute atomic E-state index is 12.6. The third kappa shape index (κ3) is 6.61. The van der Waals surface area contributed by atoms with Crippen LogP contribution in [-0.4, -0.2) is 61.3 Å². The lowest BCUT2D eigenvalue weighted by atomic mass is 10.2. The van der Waals surface area contributed by atoms with Gasteiger partial charge < -0.3 is 20.4 Å². The average Bonchev–Trinajstić information content (AvgIpc) is 2.83. The Labute approximate surface area is 234 Å². The van der Waals surface area contributed by atoms with E-state index in [2.05, 4.69) is 42.2 Å². The number of likely N-dealkylation sites (N-methyl/N-ethyl adjacent to an activating group) is 1. The van der Waals surface area contributed by atoms with E-state index in [1.807, 2.05) is 25.1 Å². The predicted molar refractivity (Wildman–Crippen MR) is 158 cm³/mol. The molecule has 38 heavy (non-hydrogen) atoms. The predicted octanol–water partition coefficient (Wildman–Crippen LogP) is 5.87. The Bertz CT molecular complexity index is 1420. The third-order valence-electron chi connectivity index (χ3n) is 6.30. The Morgan fingerprint density at radius 1 is 0.921 bits per heavy atom. The number of aromatic nitrogens is 2. The summed E-state index contributed by atoms with van der Waals surface area (Å²) in [6.45, 7) is 10.6. The average molecular weight is 579 g/mol. The number of sulfonamides is 1. The summed E-state index contributed by atoms with van der Waals surface area (Å²) < 4.78 is 26.9. The van der Waals surface area contributed by atoms with Gasteiger partial charge in [0.2, 0.25) is 16.0 Å². The lowest BCUT2D eigenvalue weighted by Crippen LogP contribution is -2.44. The summed E-state index contributed by atoms with van der Waals surface area (Å²) in [5.74, 6) is 0.957. The number of anilines is 6. The van der Waals surface area contributed by atoms with Crippen molar-refractivity contribution >= 4 is 67.7 Å². The van der Waals surface area contributed by atoms with Gasteiger partial charge in [0.05, 0.1) is 26.2 Å². The molecule has 4 rings (SSSR count). The molecule has 0 bridgehead atoms. The van der Waals surface area contributed by atoms with Gasteiger partial charge in [0, 0.05) is 49.3 Å². The van der Waals surface area contributed by atoms with Gasteiger partial charge in [0.15, 0.2) is 0 Å². The lowest BCUT2D eigenvalue weighted by molar-refractivity contribution is 0.313. The van der Waals surface area contributed by atoms with Crippen molar-refractivity contribution in [2.24, 2.45) is 0 Å². The Kier molecular flexibility index (Phi) is 8.27. The first-order valence-corrected chi connectivity index (χ1v) is 14.5. The SMILES string of the molecule is Cc1cnc(Nc2ccc(N3CCN(C)CC3)c(Cl)c2)nc1Nc1ccc(Cl)c(NS(=O)(=O)C(C)(C)C)c1. The highest BCUT2D eigenvalue weighted by molar-refractivity contribution is 7.94. The molecule has 12 heteroatoms. The zero-order chi connectivity index (χ0) is 27.7. The molecule has 1 aromatic heterocycles. The molecule has 0 amide bonds. The van der Waals surface area contributed by atoms with Gasteiger partial charge in [0.25, 0.3) is 0 Å². The van der Waals surface area contributed by atoms with E-state index in [-0.39, 0.29) is 5.69 Å². The topological polar surface area (TPSA) is 102 Å². The molecule has 1 aliphatic heterocycles. The molecule has 0 spiro atoms. The molecule has 3 aromatic rings. The molecule has 1 aliphatic rings. The minimum Gasteiger partial charge on any atom is -0.368 e. The number of benzene rings is 2. The number of hydrogen-bond acceptors (Lipinski definition) is 8. The van der Waals surface area contributed by atoms with Gasteiger partial charge in [-0.3, -0.25) is 4.72 Å². The van der Waals surface area contributed by atoms with E-state index in [1.54, 1.807) is 45.2 Å². The zero-order valence-electron chi connectivity index (χ0n) is 22.1. The monoisotopic (exact) mass is 577 g/mol. The van der Waals surface area contributed by atoms with Crippen molar-refractivity contribution in [2.75, 3.05) is 53.5 Å². The second kappa shape index (κ2) is 11.1. The lowest BCUT2D eigenvalue weighted by Gasteiger charge is -2.34. The molecule has 2 aromatic carbocycles. The number of piperazine rings is 1. The van der Waals surface area contributed by atoms with E-state index in [1.165, 1.54) is 0 Å². The van der Waals surface area contributed by atoms with Crippen LogP contribution in [0.15, 0.2) is 42.6 Å². The van der Waals surface area contributed by atoms with Crippen LogP contribution in [0.2, 0.25) is 10.0 Å². The number of hydrogen-bond donors (Lipinski definition) is 3. The Morgan fingerprint density at radius 3 is 2.24 bits per heavy atom. The standard InChI is InChI=1S/C26H33Cl2N7O2S/c1-17-16-29-25(31-18-7-9-23(21(28)14-18)35-12-10-34(5)11-13-35)32-24(17)30-19-6-8-20(27)22(15-19)33-38(36,37)26(2,3)4/h6-9,14-16,33H,10-13H2,1-5H3,(H2,29,30,31,32). The molecule has 0 atom stereocenters. The van der Waals surface area contributed by atoms with Gasteiger partial charge in [-0.05, 0) is 71.1 Å². The first-order valence-electron chi connectivity index (χ1n) is 12.2. The first kappa shape index (κ1) is 28.2. The van der Waals surface area contributed by atoms with E-state index in [0.717, 1.165) is 43.1 Å². The van der Waals surface area contributed by atoms with Crippen molar-refractivity contribution in [3.8, 4) is 0 Å². The van der Waals surface area contributed by atoms with Crippen LogP contribution in [-0.2, 0) is 10.0 Å². The van der Waals surface area contributed by atoms with Gasteiger partial charge in [-0.1, -0.05) is 23.2 Å². The van der Waals surface area contributed by atoms with E-state index in [4.69, 9.17) is 23.2 Å². The molecule has 204 valence electrons. The largest absolute Gasteiger partial charge is 0.368 e. The van der Waals surface area contributed by atoms with Crippen molar-refractivity contribution in [1.82, 2.24) is 14.9 Å². The fraction of sp³-hybridized carbons (Fsp3) is 0.385. The first-order chi connectivity index (χ1) is 17.8. The highest BCUT2D eigenvalue weighted by Crippen LogP contribution is 2.32. The van der Waals surface area contributed by atoms with Gasteiger partial charge in [-0.2, -0.15) is 4.98 Å². The number of nitrogens with one attached hydrogen (secondary N) is 3. The minimum absolute atomic E-state index is 0.284. The molecule has 1 fully saturated rings. The van der Waals surface area contributed by atoms with E-state index >= 15 is 0 Å². The molecule has 0 unspecified atom stereocenters. The molecule has 0 radical (unpaired) electrons. The molecule has 0 aliphatic carbocycles. The van der Waals surface area contributed by atoms with Crippen LogP contribution in [0.5, 0.6) is 0 Å².